The van der Waals surface area contributed by atoms with Gasteiger partial charge >= 0.3 is 0 Å². The third-order valence-electron chi connectivity index (χ3n) is 12.9. The summed E-state index contributed by atoms with van der Waals surface area (Å²) in [6, 6.07) is 65.6. The number of nitrogens with zero attached hydrogens (tertiary/aromatic N) is 3. The summed E-state index contributed by atoms with van der Waals surface area (Å²) in [7, 11) is -4.04. The molecule has 0 saturated heterocycles. The number of aromatic nitrogens is 1. The van der Waals surface area contributed by atoms with Gasteiger partial charge in [0.25, 0.3) is 0 Å². The fourth-order valence-corrected chi connectivity index (χ4v) is 16.0. The van der Waals surface area contributed by atoms with Crippen LogP contribution in [0.2, 0.25) is 26.2 Å². The number of fused-ring (bicyclic) bond motifs is 6. The van der Waals surface area contributed by atoms with Gasteiger partial charge in [-0.25, -0.2) is 0 Å². The first-order chi connectivity index (χ1) is 28.3. The van der Waals surface area contributed by atoms with E-state index in [9.17, 15) is 0 Å². The van der Waals surface area contributed by atoms with E-state index in [1.807, 2.05) is 6.20 Å². The Morgan fingerprint density at radius 3 is 1.26 bits per heavy atom. The molecule has 0 atom stereocenters. The number of hydrogen-bond acceptors (Lipinski definition) is 3. The summed E-state index contributed by atoms with van der Waals surface area (Å²) >= 11 is 0. The first-order valence-corrected chi connectivity index (χ1v) is 26.3. The van der Waals surface area contributed by atoms with E-state index in [1.54, 1.807) is 0 Å². The van der Waals surface area contributed by atoms with Crippen LogP contribution in [-0.2, 0) is 0 Å². The number of benzene rings is 8. The molecular weight excluding hydrogens is 735 g/mol. The first-order valence-electron chi connectivity index (χ1n) is 20.3. The summed E-state index contributed by atoms with van der Waals surface area (Å²) in [5.74, 6) is 0. The molecule has 0 spiro atoms. The SMILES string of the molecule is C[Si]1(C)c2ccccc2N(c2ccccc2)c2cc(-c3c4ccccc4c(-c4ccc5c(c4)N(c4ccccc4)c4ccccc4[Si]5(C)C)c4cnccc34)ccc21. The van der Waals surface area contributed by atoms with Crippen LogP contribution in [0.5, 0.6) is 0 Å². The standard InChI is InChI=1S/C53H43N3Si2/c1-57(2)48-25-15-13-23-44(48)55(38-17-7-5-8-18-38)46-33-36(27-29-50(46)57)52-40-21-11-12-22-41(40)53(43-35-54-32-31-42(43)52)37-28-30-51-47(34-37)56(39-19-9-6-10-20-39)45-24-14-16-26-49(45)58(51,3)4/h5-35H,1-4H3. The van der Waals surface area contributed by atoms with Crippen molar-refractivity contribution in [1.29, 1.82) is 0 Å². The zero-order valence-corrected chi connectivity index (χ0v) is 35.2. The summed E-state index contributed by atoms with van der Waals surface area (Å²) in [4.78, 5) is 9.77. The lowest BCUT2D eigenvalue weighted by Gasteiger charge is -2.41. The highest BCUT2D eigenvalue weighted by Gasteiger charge is 2.40. The van der Waals surface area contributed by atoms with E-state index in [0.29, 0.717) is 0 Å². The molecule has 1 aromatic heterocycles. The highest BCUT2D eigenvalue weighted by molar-refractivity contribution is 7.03. The fourth-order valence-electron chi connectivity index (χ4n) is 10.1. The number of pyridine rings is 1. The van der Waals surface area contributed by atoms with Crippen molar-refractivity contribution in [2.45, 2.75) is 26.2 Å². The normalized spacial score (nSPS) is 14.8. The molecule has 2 aliphatic rings. The maximum atomic E-state index is 4.80. The lowest BCUT2D eigenvalue weighted by atomic mass is 9.86. The van der Waals surface area contributed by atoms with Crippen LogP contribution >= 0.6 is 0 Å². The molecule has 11 rings (SSSR count). The zero-order valence-electron chi connectivity index (χ0n) is 33.2. The second-order valence-corrected chi connectivity index (χ2v) is 25.5. The molecular formula is C53H43N3Si2. The van der Waals surface area contributed by atoms with Crippen LogP contribution in [-0.4, -0.2) is 21.1 Å². The Morgan fingerprint density at radius 2 is 0.759 bits per heavy atom. The second kappa shape index (κ2) is 13.0. The van der Waals surface area contributed by atoms with Gasteiger partial charge in [0, 0.05) is 51.9 Å². The zero-order chi connectivity index (χ0) is 39.2. The maximum Gasteiger partial charge on any atom is 0.117 e. The minimum atomic E-state index is -2.02. The van der Waals surface area contributed by atoms with Crippen molar-refractivity contribution in [3.8, 4) is 22.3 Å². The van der Waals surface area contributed by atoms with Crippen LogP contribution in [0, 0.1) is 0 Å². The molecule has 58 heavy (non-hydrogen) atoms. The van der Waals surface area contributed by atoms with Gasteiger partial charge in [-0.1, -0.05) is 148 Å². The molecule has 0 bridgehead atoms. The largest absolute Gasteiger partial charge is 0.311 e. The summed E-state index contributed by atoms with van der Waals surface area (Å²) in [6.07, 6.45) is 4.05. The molecule has 0 amide bonds. The van der Waals surface area contributed by atoms with Crippen molar-refractivity contribution >= 4 is 92.6 Å². The molecule has 0 fully saturated rings. The van der Waals surface area contributed by atoms with E-state index in [-0.39, 0.29) is 0 Å². The Hall–Kier alpha value is -6.54. The quantitative estimate of drug-likeness (QED) is 0.131. The predicted octanol–water partition coefficient (Wildman–Crippen LogP) is 11.9. The Kier molecular flexibility index (Phi) is 7.77. The number of hydrogen-bond donors (Lipinski definition) is 0. The van der Waals surface area contributed by atoms with Crippen LogP contribution < -0.4 is 30.5 Å². The van der Waals surface area contributed by atoms with Crippen molar-refractivity contribution in [3.63, 3.8) is 0 Å². The Labute approximate surface area is 342 Å². The average Bonchev–Trinajstić information content (AvgIpc) is 3.26. The summed E-state index contributed by atoms with van der Waals surface area (Å²) in [6.45, 7) is 9.99. The van der Waals surface area contributed by atoms with Crippen LogP contribution in [0.1, 0.15) is 0 Å². The summed E-state index contributed by atoms with van der Waals surface area (Å²) < 4.78 is 0. The van der Waals surface area contributed by atoms with Gasteiger partial charge in [0.15, 0.2) is 0 Å². The van der Waals surface area contributed by atoms with Crippen molar-refractivity contribution in [2.75, 3.05) is 9.80 Å². The van der Waals surface area contributed by atoms with Crippen LogP contribution in [0.4, 0.5) is 34.1 Å². The van der Waals surface area contributed by atoms with Gasteiger partial charge in [0.05, 0.1) is 0 Å². The van der Waals surface area contributed by atoms with Crippen molar-refractivity contribution in [3.05, 3.63) is 188 Å². The third-order valence-corrected chi connectivity index (χ3v) is 20.0. The Balaban J connectivity index is 1.16. The molecule has 3 nitrogen and oxygen atoms in total. The van der Waals surface area contributed by atoms with Crippen molar-refractivity contribution in [1.82, 2.24) is 4.98 Å². The predicted molar refractivity (Wildman–Crippen MR) is 253 cm³/mol. The molecule has 0 saturated carbocycles. The second-order valence-electron chi connectivity index (χ2n) is 16.8. The van der Waals surface area contributed by atoms with Crippen LogP contribution in [0.3, 0.4) is 0 Å². The van der Waals surface area contributed by atoms with Gasteiger partial charge in [0.1, 0.15) is 16.1 Å². The van der Waals surface area contributed by atoms with Gasteiger partial charge in [-0.05, 0) is 114 Å². The molecule has 2 aliphatic heterocycles. The average molecular weight is 778 g/mol. The molecule has 9 aromatic rings. The van der Waals surface area contributed by atoms with Crippen LogP contribution in [0.25, 0.3) is 43.8 Å². The topological polar surface area (TPSA) is 19.4 Å². The lowest BCUT2D eigenvalue weighted by Crippen LogP contribution is -2.58. The molecule has 278 valence electrons. The number of para-hydroxylation sites is 4. The molecule has 5 heteroatoms. The Bertz CT molecular complexity index is 2820. The van der Waals surface area contributed by atoms with Crippen molar-refractivity contribution < 1.29 is 0 Å². The van der Waals surface area contributed by atoms with Crippen molar-refractivity contribution in [2.24, 2.45) is 0 Å². The van der Waals surface area contributed by atoms with Gasteiger partial charge in [0.2, 0.25) is 0 Å². The minimum Gasteiger partial charge on any atom is -0.311 e. The van der Waals surface area contributed by atoms with E-state index in [0.717, 1.165) is 5.39 Å². The minimum absolute atomic E-state index is 1.16. The van der Waals surface area contributed by atoms with Gasteiger partial charge in [-0.2, -0.15) is 0 Å². The van der Waals surface area contributed by atoms with E-state index in [1.165, 1.54) is 93.3 Å². The summed E-state index contributed by atoms with van der Waals surface area (Å²) in [5.41, 5.74) is 12.4. The third kappa shape index (κ3) is 5.06. The molecule has 3 heterocycles. The van der Waals surface area contributed by atoms with E-state index in [4.69, 9.17) is 4.98 Å². The highest BCUT2D eigenvalue weighted by Crippen LogP contribution is 2.47. The number of anilines is 6. The molecule has 0 aliphatic carbocycles. The lowest BCUT2D eigenvalue weighted by molar-refractivity contribution is 1.29. The van der Waals surface area contributed by atoms with Crippen LogP contribution in [0.15, 0.2) is 188 Å². The maximum absolute atomic E-state index is 4.80. The van der Waals surface area contributed by atoms with E-state index >= 15 is 0 Å². The molecule has 8 aromatic carbocycles. The van der Waals surface area contributed by atoms with Gasteiger partial charge in [-0.3, -0.25) is 4.98 Å². The summed E-state index contributed by atoms with van der Waals surface area (Å²) in [5, 5.41) is 10.7. The molecule has 0 unspecified atom stereocenters. The monoisotopic (exact) mass is 777 g/mol. The first kappa shape index (κ1) is 34.7. The molecule has 0 radical (unpaired) electrons. The highest BCUT2D eigenvalue weighted by atomic mass is 28.3. The fraction of sp³-hybridized carbons (Fsp3) is 0.0755. The van der Waals surface area contributed by atoms with Gasteiger partial charge < -0.3 is 9.80 Å². The van der Waals surface area contributed by atoms with Gasteiger partial charge in [-0.15, -0.1) is 0 Å². The van der Waals surface area contributed by atoms with E-state index in [2.05, 4.69) is 218 Å². The smallest absolute Gasteiger partial charge is 0.117 e. The number of rotatable bonds is 4. The van der Waals surface area contributed by atoms with E-state index < -0.39 is 16.1 Å². The Morgan fingerprint density at radius 1 is 0.362 bits per heavy atom. The molecule has 0 N–H and O–H groups in total.